The summed E-state index contributed by atoms with van der Waals surface area (Å²) in [5.74, 6) is -0.312. The average molecular weight is 444 g/mol. The highest BCUT2D eigenvalue weighted by Crippen LogP contribution is 2.25. The Hall–Kier alpha value is -2.94. The number of thiazole rings is 1. The van der Waals surface area contributed by atoms with Crippen LogP contribution >= 0.6 is 22.9 Å². The van der Waals surface area contributed by atoms with E-state index in [-0.39, 0.29) is 15.6 Å². The monoisotopic (exact) mass is 443 g/mol. The topological polar surface area (TPSA) is 92.0 Å². The lowest BCUT2D eigenvalue weighted by atomic mass is 10.2. The van der Waals surface area contributed by atoms with Gasteiger partial charge in [0, 0.05) is 16.3 Å². The van der Waals surface area contributed by atoms with E-state index < -0.39 is 10.0 Å². The zero-order valence-electron chi connectivity index (χ0n) is 14.8. The molecule has 6 nitrogen and oxygen atoms in total. The lowest BCUT2D eigenvalue weighted by molar-refractivity contribution is 0.102. The number of carbonyl (C=O) groups is 1. The largest absolute Gasteiger partial charge is 0.322 e. The number of benzene rings is 3. The highest BCUT2D eigenvalue weighted by molar-refractivity contribution is 7.90. The SMILES string of the molecule is N=c1sc2cc(NC(=O)c3ccc(Cl)cc3)ccc2n1S(=O)(=O)c1ccccc1. The summed E-state index contributed by atoms with van der Waals surface area (Å²) < 4.78 is 27.5. The Kier molecular flexibility index (Phi) is 4.99. The Morgan fingerprint density at radius 1 is 1.00 bits per heavy atom. The van der Waals surface area contributed by atoms with Gasteiger partial charge in [-0.3, -0.25) is 10.2 Å². The molecule has 0 radical (unpaired) electrons. The predicted molar refractivity (Wildman–Crippen MR) is 114 cm³/mol. The molecular formula is C20H14ClN3O3S2. The fourth-order valence-electron chi connectivity index (χ4n) is 2.84. The van der Waals surface area contributed by atoms with Gasteiger partial charge in [-0.15, -0.1) is 0 Å². The summed E-state index contributed by atoms with van der Waals surface area (Å²) in [5.41, 5.74) is 1.33. The van der Waals surface area contributed by atoms with E-state index in [0.29, 0.717) is 26.5 Å². The number of carbonyl (C=O) groups excluding carboxylic acids is 1. The predicted octanol–water partition coefficient (Wildman–Crippen LogP) is 4.32. The first kappa shape index (κ1) is 19.4. The number of nitrogens with one attached hydrogen (secondary N) is 2. The molecule has 4 aromatic rings. The van der Waals surface area contributed by atoms with Crippen LogP contribution in [0.4, 0.5) is 5.69 Å². The fraction of sp³-hybridized carbons (Fsp3) is 0. The summed E-state index contributed by atoms with van der Waals surface area (Å²) in [7, 11) is -3.90. The summed E-state index contributed by atoms with van der Waals surface area (Å²) >= 11 is 6.86. The fourth-order valence-corrected chi connectivity index (χ4v) is 5.62. The van der Waals surface area contributed by atoms with Crippen LogP contribution in [0.3, 0.4) is 0 Å². The van der Waals surface area contributed by atoms with Crippen molar-refractivity contribution in [2.75, 3.05) is 5.32 Å². The molecule has 0 aliphatic carbocycles. The van der Waals surface area contributed by atoms with Gasteiger partial charge in [0.25, 0.3) is 15.9 Å². The number of nitrogens with zero attached hydrogens (tertiary/aromatic N) is 1. The molecule has 0 spiro atoms. The van der Waals surface area contributed by atoms with Crippen LogP contribution in [0.5, 0.6) is 0 Å². The molecule has 1 aromatic heterocycles. The van der Waals surface area contributed by atoms with Crippen molar-refractivity contribution >= 4 is 54.8 Å². The van der Waals surface area contributed by atoms with Crippen LogP contribution in [-0.4, -0.2) is 18.3 Å². The number of fused-ring (bicyclic) bond motifs is 1. The van der Waals surface area contributed by atoms with Crippen LogP contribution in [-0.2, 0) is 10.0 Å². The standard InChI is InChI=1S/C20H14ClN3O3S2/c21-14-8-6-13(7-9-14)19(25)23-15-10-11-17-18(12-15)28-20(22)24(17)29(26,27)16-4-2-1-3-5-16/h1-12,22H,(H,23,25). The van der Waals surface area contributed by atoms with Crippen LogP contribution in [0, 0.1) is 5.41 Å². The number of amides is 1. The molecule has 29 heavy (non-hydrogen) atoms. The lowest BCUT2D eigenvalue weighted by Crippen LogP contribution is -2.22. The maximum atomic E-state index is 13.0. The Labute approximate surface area is 175 Å². The Morgan fingerprint density at radius 3 is 2.38 bits per heavy atom. The molecule has 0 saturated carbocycles. The van der Waals surface area contributed by atoms with Gasteiger partial charge in [0.2, 0.25) is 0 Å². The van der Waals surface area contributed by atoms with E-state index in [4.69, 9.17) is 17.0 Å². The normalized spacial score (nSPS) is 11.5. The molecule has 0 bridgehead atoms. The maximum absolute atomic E-state index is 13.0. The molecule has 0 atom stereocenters. The summed E-state index contributed by atoms with van der Waals surface area (Å²) in [6, 6.07) is 19.3. The minimum Gasteiger partial charge on any atom is -0.322 e. The summed E-state index contributed by atoms with van der Waals surface area (Å²) in [4.78, 5) is 12.4. The first-order chi connectivity index (χ1) is 13.9. The van der Waals surface area contributed by atoms with Gasteiger partial charge in [-0.05, 0) is 54.6 Å². The van der Waals surface area contributed by atoms with E-state index in [2.05, 4.69) is 5.32 Å². The van der Waals surface area contributed by atoms with Crippen molar-refractivity contribution in [3.63, 3.8) is 0 Å². The van der Waals surface area contributed by atoms with Gasteiger partial charge < -0.3 is 5.32 Å². The minimum absolute atomic E-state index is 0.110. The van der Waals surface area contributed by atoms with E-state index >= 15 is 0 Å². The van der Waals surface area contributed by atoms with Gasteiger partial charge in [-0.25, -0.2) is 12.4 Å². The van der Waals surface area contributed by atoms with E-state index in [9.17, 15) is 13.2 Å². The van der Waals surface area contributed by atoms with Crippen molar-refractivity contribution in [3.8, 4) is 0 Å². The molecule has 0 saturated heterocycles. The number of aromatic nitrogens is 1. The van der Waals surface area contributed by atoms with Crippen molar-refractivity contribution in [2.24, 2.45) is 0 Å². The highest BCUT2D eigenvalue weighted by Gasteiger charge is 2.21. The second kappa shape index (κ2) is 7.47. The smallest absolute Gasteiger partial charge is 0.270 e. The number of hydrogen-bond acceptors (Lipinski definition) is 5. The molecule has 2 N–H and O–H groups in total. The molecule has 3 aromatic carbocycles. The zero-order chi connectivity index (χ0) is 20.6. The number of halogens is 1. The molecular weight excluding hydrogens is 430 g/mol. The van der Waals surface area contributed by atoms with E-state index in [1.807, 2.05) is 0 Å². The highest BCUT2D eigenvalue weighted by atomic mass is 35.5. The number of hydrogen-bond donors (Lipinski definition) is 2. The second-order valence-electron chi connectivity index (χ2n) is 6.13. The number of rotatable bonds is 4. The quantitative estimate of drug-likeness (QED) is 0.491. The van der Waals surface area contributed by atoms with E-state index in [1.54, 1.807) is 60.7 Å². The maximum Gasteiger partial charge on any atom is 0.270 e. The van der Waals surface area contributed by atoms with Gasteiger partial charge in [0.1, 0.15) is 0 Å². The molecule has 1 amide bonds. The van der Waals surface area contributed by atoms with Crippen molar-refractivity contribution < 1.29 is 13.2 Å². The van der Waals surface area contributed by atoms with Gasteiger partial charge in [-0.1, -0.05) is 41.1 Å². The molecule has 0 unspecified atom stereocenters. The van der Waals surface area contributed by atoms with Crippen molar-refractivity contribution in [1.82, 2.24) is 3.97 Å². The zero-order valence-corrected chi connectivity index (χ0v) is 17.2. The third-order valence-corrected chi connectivity index (χ3v) is 7.23. The molecule has 4 rings (SSSR count). The average Bonchev–Trinajstić information content (AvgIpc) is 3.04. The molecule has 1 heterocycles. The summed E-state index contributed by atoms with van der Waals surface area (Å²) in [6.45, 7) is 0. The first-order valence-corrected chi connectivity index (χ1v) is 11.1. The summed E-state index contributed by atoms with van der Waals surface area (Å²) in [6.07, 6.45) is 0. The Balaban J connectivity index is 1.71. The van der Waals surface area contributed by atoms with Crippen LogP contribution in [0.2, 0.25) is 5.02 Å². The van der Waals surface area contributed by atoms with Crippen LogP contribution in [0.25, 0.3) is 10.2 Å². The third kappa shape index (κ3) is 3.69. The molecule has 0 aliphatic heterocycles. The van der Waals surface area contributed by atoms with Crippen LogP contribution < -0.4 is 10.1 Å². The van der Waals surface area contributed by atoms with Crippen molar-refractivity contribution in [1.29, 1.82) is 5.41 Å². The van der Waals surface area contributed by atoms with Gasteiger partial charge >= 0.3 is 0 Å². The van der Waals surface area contributed by atoms with Gasteiger partial charge in [0.05, 0.1) is 15.1 Å². The lowest BCUT2D eigenvalue weighted by Gasteiger charge is -2.08. The summed E-state index contributed by atoms with van der Waals surface area (Å²) in [5, 5.41) is 11.5. The Morgan fingerprint density at radius 2 is 1.69 bits per heavy atom. The molecule has 0 aliphatic rings. The van der Waals surface area contributed by atoms with E-state index in [0.717, 1.165) is 15.3 Å². The van der Waals surface area contributed by atoms with E-state index in [1.165, 1.54) is 12.1 Å². The first-order valence-electron chi connectivity index (χ1n) is 8.44. The van der Waals surface area contributed by atoms with Gasteiger partial charge in [0.15, 0.2) is 4.80 Å². The Bertz CT molecular complexity index is 1380. The van der Waals surface area contributed by atoms with Crippen molar-refractivity contribution in [2.45, 2.75) is 4.90 Å². The van der Waals surface area contributed by atoms with Crippen LogP contribution in [0.1, 0.15) is 10.4 Å². The van der Waals surface area contributed by atoms with Crippen molar-refractivity contribution in [3.05, 3.63) is 88.2 Å². The third-order valence-electron chi connectivity index (χ3n) is 4.22. The molecule has 9 heteroatoms. The molecule has 0 fully saturated rings. The molecule has 146 valence electrons. The van der Waals surface area contributed by atoms with Crippen LogP contribution in [0.15, 0.2) is 77.7 Å². The second-order valence-corrected chi connectivity index (χ2v) is 9.39. The van der Waals surface area contributed by atoms with Gasteiger partial charge in [-0.2, -0.15) is 0 Å². The number of anilines is 1. The minimum atomic E-state index is -3.90.